The van der Waals surface area contributed by atoms with Gasteiger partial charge in [-0.3, -0.25) is 0 Å². The van der Waals surface area contributed by atoms with Crippen molar-refractivity contribution in [3.05, 3.63) is 7.43 Å². The van der Waals surface area contributed by atoms with E-state index in [0.717, 1.165) is 5.92 Å². The van der Waals surface area contributed by atoms with Crippen molar-refractivity contribution in [3.63, 3.8) is 0 Å². The van der Waals surface area contributed by atoms with Gasteiger partial charge in [0.05, 0.1) is 0 Å². The molecule has 0 atom stereocenters. The summed E-state index contributed by atoms with van der Waals surface area (Å²) in [6, 6.07) is 0. The summed E-state index contributed by atoms with van der Waals surface area (Å²) < 4.78 is 0. The van der Waals surface area contributed by atoms with Gasteiger partial charge in [-0.15, -0.1) is 0 Å². The summed E-state index contributed by atoms with van der Waals surface area (Å²) >= 11 is 0. The Kier molecular flexibility index (Phi) is 22.8. The van der Waals surface area contributed by atoms with Gasteiger partial charge in [-0.05, 0) is 5.92 Å². The van der Waals surface area contributed by atoms with Gasteiger partial charge in [-0.25, -0.2) is 0 Å². The zero-order chi connectivity index (χ0) is 4.28. The van der Waals surface area contributed by atoms with Gasteiger partial charge in [0.25, 0.3) is 0 Å². The molecule has 1 heteroatoms. The van der Waals surface area contributed by atoms with Crippen LogP contribution < -0.4 is 0 Å². The van der Waals surface area contributed by atoms with Gasteiger partial charge in [-0.2, -0.15) is 0 Å². The van der Waals surface area contributed by atoms with Crippen LogP contribution in [-0.4, -0.2) is 0 Å². The third kappa shape index (κ3) is 19.2. The summed E-state index contributed by atoms with van der Waals surface area (Å²) in [6.07, 6.45) is 1.31. The molecule has 7 heavy (non-hydrogen) atoms. The first kappa shape index (κ1) is 15.7. The van der Waals surface area contributed by atoms with Gasteiger partial charge in [0, 0.05) is 32.7 Å². The molecule has 0 spiro atoms. The Morgan fingerprint density at radius 3 is 1.43 bits per heavy atom. The largest absolute Gasteiger partial charge is 0.358 e. The van der Waals surface area contributed by atoms with Crippen molar-refractivity contribution in [2.45, 2.75) is 27.2 Å². The molecule has 43 valence electrons. The Bertz CT molecular complexity index is 18.1. The van der Waals surface area contributed by atoms with Crippen LogP contribution in [-0.2, 0) is 32.7 Å². The molecule has 0 aromatic rings. The molecule has 0 aliphatic rings. The molecule has 0 aliphatic carbocycles. The predicted molar refractivity (Wildman–Crippen MR) is 31.5 cm³/mol. The first-order valence-electron chi connectivity index (χ1n) is 2.27. The molecule has 0 saturated carbocycles. The van der Waals surface area contributed by atoms with Crippen molar-refractivity contribution < 1.29 is 32.7 Å². The molecule has 0 amide bonds. The molecule has 0 unspecified atom stereocenters. The molecule has 0 fully saturated rings. The van der Waals surface area contributed by atoms with Crippen molar-refractivity contribution in [3.8, 4) is 0 Å². The minimum absolute atomic E-state index is 0. The average molecular weight is 176 g/mol. The van der Waals surface area contributed by atoms with Crippen LogP contribution >= 0.6 is 0 Å². The van der Waals surface area contributed by atoms with E-state index in [1.165, 1.54) is 6.42 Å². The van der Waals surface area contributed by atoms with Crippen molar-refractivity contribution in [1.82, 2.24) is 0 Å². The summed E-state index contributed by atoms with van der Waals surface area (Å²) in [7, 11) is 0. The fourth-order valence-electron chi connectivity index (χ4n) is 0. The minimum atomic E-state index is 0. The van der Waals surface area contributed by atoms with E-state index >= 15 is 0 Å². The number of hydrogen-bond donors (Lipinski definition) is 0. The van der Waals surface area contributed by atoms with Crippen LogP contribution in [0.15, 0.2) is 0 Å². The van der Waals surface area contributed by atoms with Gasteiger partial charge in [-0.1, -0.05) is 27.2 Å². The second-order valence-corrected chi connectivity index (χ2v) is 1.80. The Balaban J connectivity index is -0.0000000800. The van der Waals surface area contributed by atoms with E-state index in [2.05, 4.69) is 20.8 Å². The van der Waals surface area contributed by atoms with Crippen LogP contribution in [0.25, 0.3) is 0 Å². The van der Waals surface area contributed by atoms with Gasteiger partial charge < -0.3 is 7.43 Å². The maximum Gasteiger partial charge on any atom is 0 e. The normalized spacial score (nSPS) is 6.86. The van der Waals surface area contributed by atoms with Gasteiger partial charge >= 0.3 is 0 Å². The molecule has 0 rings (SSSR count). The monoisotopic (exact) mass is 176 g/mol. The van der Waals surface area contributed by atoms with Crippen LogP contribution in [0, 0.1) is 13.3 Å². The van der Waals surface area contributed by atoms with Crippen LogP contribution in [0.4, 0.5) is 0 Å². The summed E-state index contributed by atoms with van der Waals surface area (Å²) in [5.74, 6) is 0.884. The molecule has 0 heterocycles. The van der Waals surface area contributed by atoms with Crippen molar-refractivity contribution in [2.75, 3.05) is 0 Å². The van der Waals surface area contributed by atoms with Crippen LogP contribution in [0.1, 0.15) is 27.2 Å². The Hall–Kier alpha value is 1.10. The Morgan fingerprint density at radius 1 is 1.29 bits per heavy atom. The van der Waals surface area contributed by atoms with E-state index in [1.807, 2.05) is 0 Å². The quantitative estimate of drug-likeness (QED) is 0.538. The van der Waals surface area contributed by atoms with E-state index in [-0.39, 0.29) is 40.1 Å². The van der Waals surface area contributed by atoms with E-state index in [9.17, 15) is 0 Å². The summed E-state index contributed by atoms with van der Waals surface area (Å²) in [6.45, 7) is 6.64. The van der Waals surface area contributed by atoms with Gasteiger partial charge in [0.1, 0.15) is 0 Å². The zero-order valence-electron chi connectivity index (χ0n) is 5.86. The standard InChI is InChI=1S/C5H12.CH3.Y/c1-4-5(2)3;;/h5H,4H2,1-3H3;1H3;/q;-1;. The second kappa shape index (κ2) is 10.2. The first-order chi connectivity index (χ1) is 2.27. The maximum atomic E-state index is 2.22. The molecular formula is C6H15Y-. The maximum absolute atomic E-state index is 2.22. The molecule has 0 aromatic carbocycles. The Labute approximate surface area is 73.0 Å². The van der Waals surface area contributed by atoms with Crippen LogP contribution in [0.5, 0.6) is 0 Å². The number of hydrogen-bond acceptors (Lipinski definition) is 0. The van der Waals surface area contributed by atoms with Gasteiger partial charge in [0.15, 0.2) is 0 Å². The average Bonchev–Trinajstić information content (AvgIpc) is 1.38. The van der Waals surface area contributed by atoms with Crippen LogP contribution in [0.2, 0.25) is 0 Å². The molecular weight excluding hydrogens is 161 g/mol. The molecule has 0 saturated heterocycles. The third-order valence-electron chi connectivity index (χ3n) is 0.816. The summed E-state index contributed by atoms with van der Waals surface area (Å²) in [5, 5.41) is 0. The van der Waals surface area contributed by atoms with E-state index in [4.69, 9.17) is 0 Å². The molecule has 0 nitrogen and oxygen atoms in total. The molecule has 0 aliphatic heterocycles. The van der Waals surface area contributed by atoms with E-state index in [0.29, 0.717) is 0 Å². The van der Waals surface area contributed by atoms with E-state index < -0.39 is 0 Å². The zero-order valence-corrected chi connectivity index (χ0v) is 8.70. The van der Waals surface area contributed by atoms with E-state index in [1.54, 1.807) is 0 Å². The molecule has 0 aromatic heterocycles. The molecule has 0 N–H and O–H groups in total. The SMILES string of the molecule is CCC(C)C.[CH3-].[Y]. The third-order valence-corrected chi connectivity index (χ3v) is 0.816. The first-order valence-corrected chi connectivity index (χ1v) is 2.27. The summed E-state index contributed by atoms with van der Waals surface area (Å²) in [5.41, 5.74) is 0. The Morgan fingerprint density at radius 2 is 1.43 bits per heavy atom. The summed E-state index contributed by atoms with van der Waals surface area (Å²) in [4.78, 5) is 0. The van der Waals surface area contributed by atoms with Crippen molar-refractivity contribution >= 4 is 0 Å². The molecule has 1 radical (unpaired) electrons. The van der Waals surface area contributed by atoms with Crippen molar-refractivity contribution in [1.29, 1.82) is 0 Å². The smallest absolute Gasteiger partial charge is 0 e. The predicted octanol–water partition coefficient (Wildman–Crippen LogP) is 2.50. The minimum Gasteiger partial charge on any atom is -0.358 e. The fourth-order valence-corrected chi connectivity index (χ4v) is 0. The van der Waals surface area contributed by atoms with Crippen molar-refractivity contribution in [2.24, 2.45) is 5.92 Å². The van der Waals surface area contributed by atoms with Crippen LogP contribution in [0.3, 0.4) is 0 Å². The fraction of sp³-hybridized carbons (Fsp3) is 0.833. The second-order valence-electron chi connectivity index (χ2n) is 1.80. The number of rotatable bonds is 1. The van der Waals surface area contributed by atoms with Gasteiger partial charge in [0.2, 0.25) is 0 Å². The molecule has 0 bridgehead atoms. The topological polar surface area (TPSA) is 0 Å².